The summed E-state index contributed by atoms with van der Waals surface area (Å²) >= 11 is 0. The summed E-state index contributed by atoms with van der Waals surface area (Å²) in [4.78, 5) is 19.3. The second-order valence-electron chi connectivity index (χ2n) is 5.48. The Labute approximate surface area is 139 Å². The molecule has 0 amide bonds. The van der Waals surface area contributed by atoms with Crippen molar-refractivity contribution in [1.82, 2.24) is 19.9 Å². The van der Waals surface area contributed by atoms with Crippen molar-refractivity contribution in [3.8, 4) is 5.75 Å². The minimum atomic E-state index is -0.136. The standard InChI is InChI=1S/C18H20N4O2/c1-3-8-19-9-14-11-22(17-16(14)20-12-21-18(17)23)10-13-4-6-15(24-2)7-5-13/h3-7,11-12,19H,1,8-10H2,2H3,(H,20,21,23). The van der Waals surface area contributed by atoms with Gasteiger partial charge in [-0.3, -0.25) is 4.79 Å². The van der Waals surface area contributed by atoms with E-state index in [2.05, 4.69) is 21.9 Å². The van der Waals surface area contributed by atoms with Gasteiger partial charge in [-0.05, 0) is 17.7 Å². The van der Waals surface area contributed by atoms with E-state index in [1.165, 1.54) is 6.33 Å². The summed E-state index contributed by atoms with van der Waals surface area (Å²) in [5.41, 5.74) is 3.25. The predicted octanol–water partition coefficient (Wildman–Crippen LogP) is 2.06. The average Bonchev–Trinajstić information content (AvgIpc) is 2.95. The third-order valence-electron chi connectivity index (χ3n) is 3.85. The summed E-state index contributed by atoms with van der Waals surface area (Å²) in [5, 5.41) is 3.26. The van der Waals surface area contributed by atoms with Gasteiger partial charge in [0.15, 0.2) is 0 Å². The van der Waals surface area contributed by atoms with Gasteiger partial charge in [0.25, 0.3) is 5.56 Å². The lowest BCUT2D eigenvalue weighted by molar-refractivity contribution is 0.414. The first-order chi connectivity index (χ1) is 11.7. The van der Waals surface area contributed by atoms with Gasteiger partial charge in [-0.1, -0.05) is 18.2 Å². The number of fused-ring (bicyclic) bond motifs is 1. The maximum atomic E-state index is 12.3. The van der Waals surface area contributed by atoms with Gasteiger partial charge in [0, 0.05) is 31.4 Å². The highest BCUT2D eigenvalue weighted by Gasteiger charge is 2.13. The van der Waals surface area contributed by atoms with Crippen LogP contribution < -0.4 is 15.6 Å². The Balaban J connectivity index is 1.96. The molecule has 0 unspecified atom stereocenters. The molecule has 0 saturated carbocycles. The summed E-state index contributed by atoms with van der Waals surface area (Å²) in [6, 6.07) is 7.81. The smallest absolute Gasteiger partial charge is 0.275 e. The van der Waals surface area contributed by atoms with Crippen LogP contribution in [-0.4, -0.2) is 28.2 Å². The lowest BCUT2D eigenvalue weighted by atomic mass is 10.2. The number of ether oxygens (including phenoxy) is 1. The first-order valence-corrected chi connectivity index (χ1v) is 7.73. The molecule has 0 aliphatic heterocycles. The molecule has 6 heteroatoms. The van der Waals surface area contributed by atoms with Crippen molar-refractivity contribution in [2.45, 2.75) is 13.1 Å². The van der Waals surface area contributed by atoms with E-state index in [0.717, 1.165) is 22.4 Å². The van der Waals surface area contributed by atoms with Gasteiger partial charge in [0.1, 0.15) is 16.8 Å². The Morgan fingerprint density at radius 3 is 2.88 bits per heavy atom. The monoisotopic (exact) mass is 324 g/mol. The van der Waals surface area contributed by atoms with Crippen molar-refractivity contribution in [3.63, 3.8) is 0 Å². The molecule has 0 saturated heterocycles. The molecule has 0 radical (unpaired) electrons. The average molecular weight is 324 g/mol. The van der Waals surface area contributed by atoms with Gasteiger partial charge >= 0.3 is 0 Å². The number of aromatic amines is 1. The lowest BCUT2D eigenvalue weighted by Gasteiger charge is -2.06. The molecule has 0 aliphatic rings. The maximum Gasteiger partial charge on any atom is 0.275 e. The molecule has 0 aliphatic carbocycles. The Morgan fingerprint density at radius 2 is 2.17 bits per heavy atom. The Bertz CT molecular complexity index is 894. The van der Waals surface area contributed by atoms with E-state index < -0.39 is 0 Å². The van der Waals surface area contributed by atoms with E-state index in [1.54, 1.807) is 13.2 Å². The van der Waals surface area contributed by atoms with Gasteiger partial charge in [-0.15, -0.1) is 6.58 Å². The molecule has 0 atom stereocenters. The molecule has 3 rings (SSSR count). The molecule has 3 aromatic rings. The topological polar surface area (TPSA) is 71.9 Å². The summed E-state index contributed by atoms with van der Waals surface area (Å²) in [5.74, 6) is 0.810. The minimum Gasteiger partial charge on any atom is -0.497 e. The predicted molar refractivity (Wildman–Crippen MR) is 94.4 cm³/mol. The van der Waals surface area contributed by atoms with Crippen molar-refractivity contribution in [3.05, 3.63) is 70.9 Å². The third kappa shape index (κ3) is 3.23. The van der Waals surface area contributed by atoms with Crippen LogP contribution in [0.15, 0.2) is 54.2 Å². The normalized spacial score (nSPS) is 10.9. The molecule has 0 bridgehead atoms. The van der Waals surface area contributed by atoms with Crippen molar-refractivity contribution in [1.29, 1.82) is 0 Å². The Hall–Kier alpha value is -2.86. The van der Waals surface area contributed by atoms with Gasteiger partial charge < -0.3 is 19.6 Å². The van der Waals surface area contributed by atoms with Crippen molar-refractivity contribution in [2.75, 3.05) is 13.7 Å². The number of hydrogen-bond donors (Lipinski definition) is 2. The van der Waals surface area contributed by atoms with Crippen LogP contribution in [0.25, 0.3) is 11.0 Å². The van der Waals surface area contributed by atoms with E-state index in [0.29, 0.717) is 25.2 Å². The van der Waals surface area contributed by atoms with Crippen LogP contribution >= 0.6 is 0 Å². The first-order valence-electron chi connectivity index (χ1n) is 7.73. The van der Waals surface area contributed by atoms with E-state index in [4.69, 9.17) is 4.74 Å². The summed E-state index contributed by atoms with van der Waals surface area (Å²) in [7, 11) is 1.64. The first kappa shape index (κ1) is 16.0. The second-order valence-corrected chi connectivity index (χ2v) is 5.48. The highest BCUT2D eigenvalue weighted by Crippen LogP contribution is 2.18. The highest BCUT2D eigenvalue weighted by molar-refractivity contribution is 5.78. The molecule has 0 spiro atoms. The number of aromatic nitrogens is 3. The van der Waals surface area contributed by atoms with Crippen molar-refractivity contribution in [2.24, 2.45) is 0 Å². The zero-order valence-corrected chi connectivity index (χ0v) is 13.6. The zero-order valence-electron chi connectivity index (χ0n) is 13.6. The van der Waals surface area contributed by atoms with Crippen LogP contribution in [0.1, 0.15) is 11.1 Å². The van der Waals surface area contributed by atoms with Gasteiger partial charge in [-0.2, -0.15) is 0 Å². The summed E-state index contributed by atoms with van der Waals surface area (Å²) in [6.07, 6.45) is 5.23. The van der Waals surface area contributed by atoms with Gasteiger partial charge in [-0.25, -0.2) is 4.98 Å². The number of methoxy groups -OCH3 is 1. The molecule has 0 fully saturated rings. The number of hydrogen-bond acceptors (Lipinski definition) is 4. The van der Waals surface area contributed by atoms with Gasteiger partial charge in [0.2, 0.25) is 0 Å². The van der Waals surface area contributed by atoms with Crippen LogP contribution in [0.5, 0.6) is 5.75 Å². The Kier molecular flexibility index (Phi) is 4.77. The zero-order chi connectivity index (χ0) is 16.9. The molecule has 124 valence electrons. The number of benzene rings is 1. The van der Waals surface area contributed by atoms with E-state index in [9.17, 15) is 4.79 Å². The second kappa shape index (κ2) is 7.14. The molecule has 2 aromatic heterocycles. The fourth-order valence-electron chi connectivity index (χ4n) is 2.70. The molecule has 2 N–H and O–H groups in total. The highest BCUT2D eigenvalue weighted by atomic mass is 16.5. The molecule has 1 aromatic carbocycles. The fourth-order valence-corrected chi connectivity index (χ4v) is 2.70. The third-order valence-corrected chi connectivity index (χ3v) is 3.85. The van der Waals surface area contributed by atoms with Crippen LogP contribution in [0, 0.1) is 0 Å². The van der Waals surface area contributed by atoms with E-state index in [1.807, 2.05) is 35.0 Å². The summed E-state index contributed by atoms with van der Waals surface area (Å²) < 4.78 is 7.12. The largest absolute Gasteiger partial charge is 0.497 e. The molecule has 6 nitrogen and oxygen atoms in total. The number of rotatable bonds is 7. The number of nitrogens with zero attached hydrogens (tertiary/aromatic N) is 2. The van der Waals surface area contributed by atoms with Crippen LogP contribution in [0.3, 0.4) is 0 Å². The molecule has 2 heterocycles. The number of nitrogens with one attached hydrogen (secondary N) is 2. The molecule has 24 heavy (non-hydrogen) atoms. The fraction of sp³-hybridized carbons (Fsp3) is 0.222. The van der Waals surface area contributed by atoms with E-state index >= 15 is 0 Å². The maximum absolute atomic E-state index is 12.3. The van der Waals surface area contributed by atoms with Crippen molar-refractivity contribution >= 4 is 11.0 Å². The molecular formula is C18H20N4O2. The SMILES string of the molecule is C=CCNCc1cn(Cc2ccc(OC)cc2)c2c(=O)[nH]cnc12. The van der Waals surface area contributed by atoms with Crippen LogP contribution in [0.2, 0.25) is 0 Å². The number of H-pyrrole nitrogens is 1. The molecular weight excluding hydrogens is 304 g/mol. The van der Waals surface area contributed by atoms with Crippen molar-refractivity contribution < 1.29 is 4.74 Å². The van der Waals surface area contributed by atoms with Crippen LogP contribution in [-0.2, 0) is 13.1 Å². The van der Waals surface area contributed by atoms with E-state index in [-0.39, 0.29) is 5.56 Å². The van der Waals surface area contributed by atoms with Crippen LogP contribution in [0.4, 0.5) is 0 Å². The van der Waals surface area contributed by atoms with Gasteiger partial charge in [0.05, 0.1) is 13.4 Å². The summed E-state index contributed by atoms with van der Waals surface area (Å²) in [6.45, 7) is 5.63. The Morgan fingerprint density at radius 1 is 1.38 bits per heavy atom. The quantitative estimate of drug-likeness (QED) is 0.515. The lowest BCUT2D eigenvalue weighted by Crippen LogP contribution is -2.13. The minimum absolute atomic E-state index is 0.136.